The predicted octanol–water partition coefficient (Wildman–Crippen LogP) is 4.13. The van der Waals surface area contributed by atoms with Crippen molar-refractivity contribution in [2.24, 2.45) is 0 Å². The minimum atomic E-state index is -0.374. The van der Waals surface area contributed by atoms with Gasteiger partial charge in [-0.05, 0) is 101 Å². The molecule has 1 heterocycles. The second kappa shape index (κ2) is 11.8. The first-order chi connectivity index (χ1) is 16.2. The average molecular weight is 499 g/mol. The summed E-state index contributed by atoms with van der Waals surface area (Å²) >= 11 is 3.11. The third-order valence-electron chi connectivity index (χ3n) is 4.19. The minimum Gasteiger partial charge on any atom is -0.481 e. The van der Waals surface area contributed by atoms with E-state index in [1.54, 1.807) is 48.2 Å². The number of methoxy groups -OCH3 is 1. The highest BCUT2D eigenvalue weighted by Crippen LogP contribution is 2.22. The van der Waals surface area contributed by atoms with E-state index in [1.165, 1.54) is 13.2 Å². The fourth-order valence-corrected chi connectivity index (χ4v) is 4.13. The zero-order valence-corrected chi connectivity index (χ0v) is 21.2. The Hall–Kier alpha value is -3.12. The van der Waals surface area contributed by atoms with Gasteiger partial charge in [-0.15, -0.1) is 0 Å². The third kappa shape index (κ3) is 7.45. The van der Waals surface area contributed by atoms with E-state index >= 15 is 0 Å². The first kappa shape index (κ1) is 25.5. The molecule has 0 unspecified atom stereocenters. The fraction of sp³-hybridized carbons (Fsp3) is 0.217. The summed E-state index contributed by atoms with van der Waals surface area (Å²) in [4.78, 5) is 35.8. The summed E-state index contributed by atoms with van der Waals surface area (Å²) in [5.41, 5.74) is 0.928. The molecule has 9 nitrogen and oxygen atoms in total. The summed E-state index contributed by atoms with van der Waals surface area (Å²) in [7, 11) is 9.23. The Morgan fingerprint density at radius 2 is 1.24 bits per heavy atom. The number of ether oxygens (including phenoxy) is 1. The van der Waals surface area contributed by atoms with Crippen molar-refractivity contribution >= 4 is 47.5 Å². The van der Waals surface area contributed by atoms with Gasteiger partial charge in [0.05, 0.1) is 7.11 Å². The third-order valence-corrected chi connectivity index (χ3v) is 5.88. The van der Waals surface area contributed by atoms with Crippen LogP contribution in [0.25, 0.3) is 0 Å². The van der Waals surface area contributed by atoms with Crippen molar-refractivity contribution in [1.29, 1.82) is 0 Å². The quantitative estimate of drug-likeness (QED) is 0.422. The van der Waals surface area contributed by atoms with Crippen LogP contribution in [0.1, 0.15) is 20.7 Å². The average Bonchev–Trinajstić information content (AvgIpc) is 2.79. The topological polar surface area (TPSA) is 99.7 Å². The van der Waals surface area contributed by atoms with Gasteiger partial charge in [0.2, 0.25) is 11.8 Å². The number of nitrogens with one attached hydrogen (secondary N) is 2. The molecule has 2 N–H and O–H groups in total. The Kier molecular flexibility index (Phi) is 8.88. The van der Waals surface area contributed by atoms with E-state index in [4.69, 9.17) is 4.74 Å². The monoisotopic (exact) mass is 498 g/mol. The molecule has 0 atom stereocenters. The number of carbonyl (C=O) groups is 2. The second-order valence-electron chi connectivity index (χ2n) is 7.38. The van der Waals surface area contributed by atoms with Gasteiger partial charge in [-0.1, -0.05) is 0 Å². The maximum Gasteiger partial charge on any atom is 0.258 e. The van der Waals surface area contributed by atoms with Gasteiger partial charge in [-0.2, -0.15) is 9.97 Å². The summed E-state index contributed by atoms with van der Waals surface area (Å²) in [5.74, 6) is -0.286. The van der Waals surface area contributed by atoms with Crippen LogP contribution in [0.15, 0.2) is 64.4 Å². The van der Waals surface area contributed by atoms with Gasteiger partial charge in [0, 0.05) is 27.0 Å². The smallest absolute Gasteiger partial charge is 0.258 e. The van der Waals surface area contributed by atoms with Crippen LogP contribution in [0.3, 0.4) is 0 Å². The van der Waals surface area contributed by atoms with E-state index in [9.17, 15) is 9.59 Å². The van der Waals surface area contributed by atoms with E-state index in [0.717, 1.165) is 9.79 Å². The van der Waals surface area contributed by atoms with Gasteiger partial charge in [0.1, 0.15) is 5.82 Å². The Morgan fingerprint density at radius 3 is 1.68 bits per heavy atom. The van der Waals surface area contributed by atoms with Crippen molar-refractivity contribution in [1.82, 2.24) is 18.6 Å². The normalized spacial score (nSPS) is 10.9. The lowest BCUT2D eigenvalue weighted by Crippen LogP contribution is -2.17. The van der Waals surface area contributed by atoms with Gasteiger partial charge in [0.25, 0.3) is 11.8 Å². The van der Waals surface area contributed by atoms with Crippen molar-refractivity contribution < 1.29 is 14.3 Å². The molecule has 3 rings (SSSR count). The van der Waals surface area contributed by atoms with Gasteiger partial charge >= 0.3 is 0 Å². The molecule has 0 spiro atoms. The summed E-state index contributed by atoms with van der Waals surface area (Å²) in [5, 5.41) is 5.38. The highest BCUT2D eigenvalue weighted by atomic mass is 32.2. The van der Waals surface area contributed by atoms with Crippen LogP contribution in [-0.2, 0) is 0 Å². The molecule has 2 amide bonds. The molecule has 0 aliphatic carbocycles. The van der Waals surface area contributed by atoms with E-state index in [0.29, 0.717) is 11.1 Å². The number of benzene rings is 2. The molecule has 0 fully saturated rings. The molecule has 0 saturated carbocycles. The Bertz CT molecular complexity index is 1050. The highest BCUT2D eigenvalue weighted by Gasteiger charge is 2.14. The Labute approximate surface area is 207 Å². The number of amides is 2. The Balaban J connectivity index is 1.71. The van der Waals surface area contributed by atoms with Crippen LogP contribution in [0.4, 0.5) is 11.8 Å². The molecule has 11 heteroatoms. The largest absolute Gasteiger partial charge is 0.481 e. The van der Waals surface area contributed by atoms with Crippen LogP contribution in [0.5, 0.6) is 5.88 Å². The first-order valence-corrected chi connectivity index (χ1v) is 11.7. The van der Waals surface area contributed by atoms with E-state index in [1.807, 2.05) is 61.1 Å². The molecule has 2 aromatic carbocycles. The van der Waals surface area contributed by atoms with E-state index < -0.39 is 0 Å². The number of carbonyl (C=O) groups excluding carboxylic acids is 2. The molecule has 0 bridgehead atoms. The standard InChI is InChI=1S/C23H26N6O3S2/c1-28(2)33-17-10-6-15(7-11-17)21(30)24-19-14-20(32-5)26-23(25-19)27-22(31)16-8-12-18(13-9-16)34-29(3)4/h6-14H,1-5H3,(H2,24,25,26,27,30,31). The van der Waals surface area contributed by atoms with Crippen LogP contribution < -0.4 is 15.4 Å². The lowest BCUT2D eigenvalue weighted by molar-refractivity contribution is 0.101. The summed E-state index contributed by atoms with van der Waals surface area (Å²) in [6.07, 6.45) is 0. The number of anilines is 2. The summed E-state index contributed by atoms with van der Waals surface area (Å²) in [6.45, 7) is 0. The molecule has 178 valence electrons. The number of hydrogen-bond acceptors (Lipinski definition) is 9. The number of aromatic nitrogens is 2. The van der Waals surface area contributed by atoms with Crippen LogP contribution in [-0.4, -0.2) is 65.7 Å². The number of nitrogens with zero attached hydrogens (tertiary/aromatic N) is 4. The highest BCUT2D eigenvalue weighted by molar-refractivity contribution is 7.97. The molecule has 34 heavy (non-hydrogen) atoms. The number of rotatable bonds is 9. The van der Waals surface area contributed by atoms with Gasteiger partial charge in [-0.25, -0.2) is 0 Å². The molecule has 3 aromatic rings. The maximum atomic E-state index is 12.7. The van der Waals surface area contributed by atoms with Crippen LogP contribution in [0.2, 0.25) is 0 Å². The van der Waals surface area contributed by atoms with Crippen molar-refractivity contribution in [3.63, 3.8) is 0 Å². The molecule has 0 aliphatic rings. The van der Waals surface area contributed by atoms with Gasteiger partial charge in [0.15, 0.2) is 0 Å². The first-order valence-electron chi connectivity index (χ1n) is 10.2. The molecule has 0 radical (unpaired) electrons. The molecular weight excluding hydrogens is 472 g/mol. The van der Waals surface area contributed by atoms with E-state index in [2.05, 4.69) is 20.6 Å². The SMILES string of the molecule is COc1cc(NC(=O)c2ccc(SN(C)C)cc2)nc(NC(=O)c2ccc(SN(C)C)cc2)n1. The van der Waals surface area contributed by atoms with Crippen LogP contribution >= 0.6 is 23.9 Å². The number of hydrogen-bond donors (Lipinski definition) is 2. The Morgan fingerprint density at radius 1 is 0.765 bits per heavy atom. The van der Waals surface area contributed by atoms with Crippen LogP contribution in [0, 0.1) is 0 Å². The molecule has 0 aliphatic heterocycles. The summed E-state index contributed by atoms with van der Waals surface area (Å²) in [6, 6.07) is 15.9. The molecule has 1 aromatic heterocycles. The lowest BCUT2D eigenvalue weighted by atomic mass is 10.2. The maximum absolute atomic E-state index is 12.7. The van der Waals surface area contributed by atoms with Gasteiger partial charge < -0.3 is 10.1 Å². The van der Waals surface area contributed by atoms with Crippen molar-refractivity contribution in [2.45, 2.75) is 9.79 Å². The minimum absolute atomic E-state index is 0.0177. The summed E-state index contributed by atoms with van der Waals surface area (Å²) < 4.78 is 9.14. The predicted molar refractivity (Wildman–Crippen MR) is 136 cm³/mol. The molecular formula is C23H26N6O3S2. The van der Waals surface area contributed by atoms with Gasteiger partial charge in [-0.3, -0.25) is 23.5 Å². The zero-order chi connectivity index (χ0) is 24.7. The second-order valence-corrected chi connectivity index (χ2v) is 10.2. The van der Waals surface area contributed by atoms with Crippen molar-refractivity contribution in [2.75, 3.05) is 45.9 Å². The fourth-order valence-electron chi connectivity index (χ4n) is 2.77. The molecule has 0 saturated heterocycles. The van der Waals surface area contributed by atoms with E-state index in [-0.39, 0.29) is 29.5 Å². The zero-order valence-electron chi connectivity index (χ0n) is 19.5. The van der Waals surface area contributed by atoms with Crippen molar-refractivity contribution in [3.8, 4) is 5.88 Å². The van der Waals surface area contributed by atoms with Crippen molar-refractivity contribution in [3.05, 3.63) is 65.7 Å². The lowest BCUT2D eigenvalue weighted by Gasteiger charge is -2.11.